The van der Waals surface area contributed by atoms with E-state index in [0.29, 0.717) is 5.69 Å². The Morgan fingerprint density at radius 3 is 2.36 bits per heavy atom. The topological polar surface area (TPSA) is 86.3 Å². The summed E-state index contributed by atoms with van der Waals surface area (Å²) in [5, 5.41) is 10.8. The van der Waals surface area contributed by atoms with Crippen molar-refractivity contribution in [3.05, 3.63) is 59.2 Å². The molecule has 0 atom stereocenters. The van der Waals surface area contributed by atoms with Crippen LogP contribution in [0.4, 0.5) is 5.69 Å². The molecule has 0 heterocycles. The molecule has 0 amide bonds. The van der Waals surface area contributed by atoms with Gasteiger partial charge in [0.05, 0.1) is 16.6 Å². The van der Waals surface area contributed by atoms with Crippen LogP contribution in [0.5, 0.6) is 0 Å². The number of carboxylic acid groups (broad SMARTS) is 1. The molecule has 0 saturated heterocycles. The van der Waals surface area contributed by atoms with Gasteiger partial charge in [0.25, 0.3) is 10.0 Å². The third-order valence-electron chi connectivity index (χ3n) is 3.01. The summed E-state index contributed by atoms with van der Waals surface area (Å²) in [6.45, 7) is 3.71. The molecule has 2 rings (SSSR count). The van der Waals surface area contributed by atoms with E-state index in [1.54, 1.807) is 19.1 Å². The van der Waals surface area contributed by atoms with Gasteiger partial charge < -0.3 is 9.90 Å². The van der Waals surface area contributed by atoms with Gasteiger partial charge in [-0.05, 0) is 43.2 Å². The fourth-order valence-electron chi connectivity index (χ4n) is 1.92. The summed E-state index contributed by atoms with van der Waals surface area (Å²) in [5.41, 5.74) is 2.09. The van der Waals surface area contributed by atoms with Crippen molar-refractivity contribution in [1.82, 2.24) is 0 Å². The van der Waals surface area contributed by atoms with E-state index in [1.165, 1.54) is 18.2 Å². The molecule has 0 aliphatic heterocycles. The van der Waals surface area contributed by atoms with Gasteiger partial charge in [-0.25, -0.2) is 8.42 Å². The average molecular weight is 343 g/mol. The molecule has 22 heavy (non-hydrogen) atoms. The third-order valence-corrected chi connectivity index (χ3v) is 4.37. The van der Waals surface area contributed by atoms with Crippen molar-refractivity contribution in [3.63, 3.8) is 0 Å². The first-order chi connectivity index (χ1) is 9.79. The number of nitrogens with one attached hydrogen (secondary N) is 1. The minimum Gasteiger partial charge on any atom is -0.545 e. The number of anilines is 1. The third kappa shape index (κ3) is 4.64. The quantitative estimate of drug-likeness (QED) is 0.842. The second-order valence-corrected chi connectivity index (χ2v) is 6.42. The molecular weight excluding hydrogens is 329 g/mol. The molecule has 0 saturated carbocycles. The number of aromatic carboxylic acids is 1. The zero-order chi connectivity index (χ0) is 15.6. The summed E-state index contributed by atoms with van der Waals surface area (Å²) in [4.78, 5) is 10.7. The molecule has 111 valence electrons. The van der Waals surface area contributed by atoms with Crippen LogP contribution in [0.15, 0.2) is 47.4 Å². The number of carbonyl (C=O) groups excluding carboxylic acids is 1. The Morgan fingerprint density at radius 2 is 1.77 bits per heavy atom. The van der Waals surface area contributed by atoms with Crippen LogP contribution in [-0.2, 0) is 10.0 Å². The van der Waals surface area contributed by atoms with Crippen LogP contribution in [0.2, 0.25) is 0 Å². The number of carboxylic acids is 1. The predicted octanol–water partition coefficient (Wildman–Crippen LogP) is 1.09. The van der Waals surface area contributed by atoms with Crippen LogP contribution < -0.4 is 9.83 Å². The first-order valence-electron chi connectivity index (χ1n) is 6.21. The number of aryl methyl sites for hydroxylation is 2. The summed E-state index contributed by atoms with van der Waals surface area (Å²) in [6, 6.07) is 10.4. The van der Waals surface area contributed by atoms with Crippen molar-refractivity contribution in [2.75, 3.05) is 4.72 Å². The number of hydrogen-bond donors (Lipinski definition) is 1. The van der Waals surface area contributed by atoms with E-state index in [4.69, 9.17) is 0 Å². The summed E-state index contributed by atoms with van der Waals surface area (Å²) in [5.74, 6) is -1.42. The van der Waals surface area contributed by atoms with Crippen LogP contribution in [-0.4, -0.2) is 65.8 Å². The first kappa shape index (κ1) is 19.3. The Labute approximate surface area is 172 Å². The van der Waals surface area contributed by atoms with Gasteiger partial charge in [0, 0.05) is 51.4 Å². The zero-order valence-corrected chi connectivity index (χ0v) is 16.5. The molecule has 5 nitrogen and oxygen atoms in total. The molecule has 0 bridgehead atoms. The van der Waals surface area contributed by atoms with Crippen LogP contribution in [0.25, 0.3) is 0 Å². The molecule has 0 fully saturated rings. The second-order valence-electron chi connectivity index (χ2n) is 4.74. The van der Waals surface area contributed by atoms with Crippen molar-refractivity contribution < 1.29 is 18.3 Å². The van der Waals surface area contributed by atoms with Crippen LogP contribution >= 0.6 is 0 Å². The van der Waals surface area contributed by atoms with E-state index in [1.807, 2.05) is 13.0 Å². The molecule has 0 spiro atoms. The molecule has 0 aromatic heterocycles. The fraction of sp³-hybridized carbons (Fsp3) is 0.133. The molecule has 7 heteroatoms. The van der Waals surface area contributed by atoms with E-state index >= 15 is 0 Å². The van der Waals surface area contributed by atoms with E-state index in [9.17, 15) is 18.3 Å². The smallest absolute Gasteiger partial charge is 0.261 e. The van der Waals surface area contributed by atoms with Crippen molar-refractivity contribution in [1.29, 1.82) is 0 Å². The summed E-state index contributed by atoms with van der Waals surface area (Å²) < 4.78 is 27.0. The molecule has 0 unspecified atom stereocenters. The minimum absolute atomic E-state index is 0. The molecule has 0 aliphatic rings. The Hall–Kier alpha value is -0.704. The number of sulfonamides is 1. The van der Waals surface area contributed by atoms with E-state index < -0.39 is 16.0 Å². The number of hydrogen-bond acceptors (Lipinski definition) is 4. The summed E-state index contributed by atoms with van der Waals surface area (Å²) in [7, 11) is -3.85. The predicted molar refractivity (Wildman–Crippen MR) is 83.3 cm³/mol. The maximum absolute atomic E-state index is 12.3. The monoisotopic (exact) mass is 343 g/mol. The van der Waals surface area contributed by atoms with Gasteiger partial charge in [0.1, 0.15) is 0 Å². The Bertz CT molecular complexity index is 803. The van der Waals surface area contributed by atoms with Crippen molar-refractivity contribution in [3.8, 4) is 0 Å². The summed E-state index contributed by atoms with van der Waals surface area (Å²) in [6.07, 6.45) is 0. The van der Waals surface area contributed by atoms with Gasteiger partial charge in [0.2, 0.25) is 0 Å². The van der Waals surface area contributed by atoms with Crippen molar-refractivity contribution in [2.45, 2.75) is 18.7 Å². The molecule has 1 radical (unpaired) electrons. The summed E-state index contributed by atoms with van der Waals surface area (Å²) >= 11 is 0. The van der Waals surface area contributed by atoms with Crippen LogP contribution in [0.3, 0.4) is 0 Å². The van der Waals surface area contributed by atoms with E-state index in [0.717, 1.165) is 17.2 Å². The van der Waals surface area contributed by atoms with E-state index in [2.05, 4.69) is 4.72 Å². The number of benzene rings is 2. The SMILES string of the molecule is Cc1ccc(NS(=O)(=O)c2cccc(C(=O)[O-])c2)c(C)c1.[K]. The maximum atomic E-state index is 12.3. The number of rotatable bonds is 4. The Balaban J connectivity index is 0.00000242. The first-order valence-corrected chi connectivity index (χ1v) is 7.69. The molecule has 2 aromatic rings. The van der Waals surface area contributed by atoms with Gasteiger partial charge >= 0.3 is 0 Å². The average Bonchev–Trinajstić information content (AvgIpc) is 2.42. The minimum atomic E-state index is -3.85. The van der Waals surface area contributed by atoms with E-state index in [-0.39, 0.29) is 61.8 Å². The molecule has 2 aromatic carbocycles. The van der Waals surface area contributed by atoms with Crippen LogP contribution in [0.1, 0.15) is 21.5 Å². The van der Waals surface area contributed by atoms with Gasteiger partial charge in [-0.2, -0.15) is 0 Å². The van der Waals surface area contributed by atoms with Gasteiger partial charge in [0.15, 0.2) is 0 Å². The number of carbonyl (C=O) groups is 1. The normalized spacial score (nSPS) is 10.6. The van der Waals surface area contributed by atoms with Crippen molar-refractivity contribution >= 4 is 73.1 Å². The van der Waals surface area contributed by atoms with Gasteiger partial charge in [-0.1, -0.05) is 29.8 Å². The van der Waals surface area contributed by atoms with Crippen molar-refractivity contribution in [2.24, 2.45) is 0 Å². The maximum Gasteiger partial charge on any atom is 0.261 e. The molecular formula is C15H14KNO4S-. The largest absolute Gasteiger partial charge is 0.545 e. The second kappa shape index (κ2) is 7.72. The molecule has 1 N–H and O–H groups in total. The Kier molecular flexibility index (Phi) is 6.78. The van der Waals surface area contributed by atoms with Crippen LogP contribution in [0, 0.1) is 13.8 Å². The van der Waals surface area contributed by atoms with Gasteiger partial charge in [-0.3, -0.25) is 4.72 Å². The zero-order valence-electron chi connectivity index (χ0n) is 12.6. The fourth-order valence-corrected chi connectivity index (χ4v) is 3.10. The molecule has 0 aliphatic carbocycles. The Morgan fingerprint density at radius 1 is 1.09 bits per heavy atom. The standard InChI is InChI=1S/C15H15NO4S.K/c1-10-6-7-14(11(2)8-10)16-21(19,20)13-5-3-4-12(9-13)15(17)18;/h3-9,16H,1-2H3,(H,17,18);/p-1. The van der Waals surface area contributed by atoms with Gasteiger partial charge in [-0.15, -0.1) is 0 Å².